The van der Waals surface area contributed by atoms with Crippen molar-refractivity contribution in [2.24, 2.45) is 0 Å². The molecule has 0 aliphatic heterocycles. The first kappa shape index (κ1) is 10.1. The van der Waals surface area contributed by atoms with Crippen molar-refractivity contribution in [1.82, 2.24) is 4.98 Å². The third kappa shape index (κ3) is 1.97. The minimum Gasteiger partial charge on any atom is -0.399 e. The van der Waals surface area contributed by atoms with Crippen LogP contribution in [0.2, 0.25) is 0 Å². The largest absolute Gasteiger partial charge is 0.399 e. The fraction of sp³-hybridized carbons (Fsp3) is 0.182. The van der Waals surface area contributed by atoms with Gasteiger partial charge in [-0.15, -0.1) is 11.6 Å². The van der Waals surface area contributed by atoms with Crippen LogP contribution in [-0.2, 0) is 6.42 Å². The molecule has 2 aromatic rings. The Morgan fingerprint density at radius 1 is 1.33 bits per heavy atom. The lowest BCUT2D eigenvalue weighted by Gasteiger charge is -2.05. The molecular weight excluding hydrogens is 212 g/mol. The van der Waals surface area contributed by atoms with Gasteiger partial charge in [-0.1, -0.05) is 0 Å². The van der Waals surface area contributed by atoms with E-state index >= 15 is 0 Å². The first-order valence-electron chi connectivity index (χ1n) is 4.68. The zero-order valence-corrected chi connectivity index (χ0v) is 8.84. The summed E-state index contributed by atoms with van der Waals surface area (Å²) in [6.45, 7) is 0. The Morgan fingerprint density at radius 2 is 2.13 bits per heavy atom. The maximum Gasteiger partial charge on any atom is 0.248 e. The zero-order valence-electron chi connectivity index (χ0n) is 8.09. The second-order valence-corrected chi connectivity index (χ2v) is 3.78. The van der Waals surface area contributed by atoms with Crippen LogP contribution in [0.3, 0.4) is 0 Å². The van der Waals surface area contributed by atoms with Gasteiger partial charge in [0.25, 0.3) is 0 Å². The Hall–Kier alpha value is -1.48. The number of alkyl halides is 1. The molecule has 1 heterocycles. The van der Waals surface area contributed by atoms with Crippen molar-refractivity contribution in [3.05, 3.63) is 40.2 Å². The van der Waals surface area contributed by atoms with Crippen LogP contribution in [0.15, 0.2) is 29.1 Å². The number of pyridine rings is 1. The molecule has 3 nitrogen and oxygen atoms in total. The van der Waals surface area contributed by atoms with Crippen LogP contribution >= 0.6 is 11.6 Å². The Bertz CT molecular complexity index is 548. The normalized spacial score (nSPS) is 10.7. The van der Waals surface area contributed by atoms with Gasteiger partial charge < -0.3 is 10.7 Å². The lowest BCUT2D eigenvalue weighted by molar-refractivity contribution is 1.14. The van der Waals surface area contributed by atoms with Gasteiger partial charge in [0.05, 0.1) is 0 Å². The van der Waals surface area contributed by atoms with E-state index in [2.05, 4.69) is 4.98 Å². The number of nitrogen functional groups attached to an aromatic ring is 1. The average Bonchev–Trinajstić information content (AvgIpc) is 2.19. The van der Waals surface area contributed by atoms with Crippen molar-refractivity contribution in [3.63, 3.8) is 0 Å². The summed E-state index contributed by atoms with van der Waals surface area (Å²) in [4.78, 5) is 14.1. The molecule has 2 rings (SSSR count). The van der Waals surface area contributed by atoms with Crippen LogP contribution < -0.4 is 11.3 Å². The number of rotatable bonds is 2. The molecule has 0 unspecified atom stereocenters. The standard InChI is InChI=1S/C11H11ClN2O/c12-4-3-7-5-11(15)14-10-2-1-8(13)6-9(7)10/h1-2,5-6H,3-4,13H2,(H,14,15). The van der Waals surface area contributed by atoms with Gasteiger partial charge in [-0.3, -0.25) is 4.79 Å². The quantitative estimate of drug-likeness (QED) is 0.602. The summed E-state index contributed by atoms with van der Waals surface area (Å²) in [6.07, 6.45) is 0.672. The van der Waals surface area contributed by atoms with Crippen LogP contribution in [0.4, 0.5) is 5.69 Å². The Morgan fingerprint density at radius 3 is 2.87 bits per heavy atom. The molecule has 4 heteroatoms. The summed E-state index contributed by atoms with van der Waals surface area (Å²) in [5, 5.41) is 0.968. The monoisotopic (exact) mass is 222 g/mol. The smallest absolute Gasteiger partial charge is 0.248 e. The average molecular weight is 223 g/mol. The number of aromatic nitrogens is 1. The molecule has 0 atom stereocenters. The molecule has 0 saturated heterocycles. The second kappa shape index (κ2) is 3.95. The number of nitrogens with one attached hydrogen (secondary N) is 1. The van der Waals surface area contributed by atoms with Crippen molar-refractivity contribution >= 4 is 28.2 Å². The summed E-state index contributed by atoms with van der Waals surface area (Å²) < 4.78 is 0. The van der Waals surface area contributed by atoms with Gasteiger partial charge in [-0.05, 0) is 30.2 Å². The molecule has 15 heavy (non-hydrogen) atoms. The molecule has 1 aromatic carbocycles. The number of fused-ring (bicyclic) bond motifs is 1. The van der Waals surface area contributed by atoms with E-state index in [1.54, 1.807) is 12.1 Å². The minimum absolute atomic E-state index is 0.104. The lowest BCUT2D eigenvalue weighted by Crippen LogP contribution is -2.07. The molecular formula is C11H11ClN2O. The first-order chi connectivity index (χ1) is 7.20. The molecule has 0 radical (unpaired) electrons. The zero-order chi connectivity index (χ0) is 10.8. The lowest BCUT2D eigenvalue weighted by atomic mass is 10.1. The molecule has 0 spiro atoms. The predicted octanol–water partition coefficient (Wildman–Crippen LogP) is 1.89. The molecule has 0 aliphatic carbocycles. The van der Waals surface area contributed by atoms with E-state index in [1.807, 2.05) is 12.1 Å². The van der Waals surface area contributed by atoms with E-state index < -0.39 is 0 Å². The number of hydrogen-bond donors (Lipinski definition) is 2. The molecule has 0 saturated carbocycles. The maximum absolute atomic E-state index is 11.3. The molecule has 1 aromatic heterocycles. The summed E-state index contributed by atoms with van der Waals surface area (Å²) in [7, 11) is 0. The van der Waals surface area contributed by atoms with E-state index in [0.717, 1.165) is 16.5 Å². The molecule has 0 amide bonds. The van der Waals surface area contributed by atoms with E-state index in [-0.39, 0.29) is 5.56 Å². The summed E-state index contributed by atoms with van der Waals surface area (Å²) in [5.74, 6) is 0.493. The van der Waals surface area contributed by atoms with E-state index in [0.29, 0.717) is 18.0 Å². The summed E-state index contributed by atoms with van der Waals surface area (Å²) in [5.41, 5.74) is 8.03. The van der Waals surface area contributed by atoms with Gasteiger partial charge in [0, 0.05) is 28.5 Å². The van der Waals surface area contributed by atoms with Crippen LogP contribution in [0.5, 0.6) is 0 Å². The van der Waals surface area contributed by atoms with Gasteiger partial charge in [-0.2, -0.15) is 0 Å². The molecule has 3 N–H and O–H groups in total. The van der Waals surface area contributed by atoms with Crippen molar-refractivity contribution < 1.29 is 0 Å². The number of anilines is 1. The van der Waals surface area contributed by atoms with Gasteiger partial charge in [0.2, 0.25) is 5.56 Å². The third-order valence-electron chi connectivity index (χ3n) is 2.32. The second-order valence-electron chi connectivity index (χ2n) is 3.40. The van der Waals surface area contributed by atoms with Crippen molar-refractivity contribution in [2.75, 3.05) is 11.6 Å². The topological polar surface area (TPSA) is 58.9 Å². The van der Waals surface area contributed by atoms with Gasteiger partial charge in [0.15, 0.2) is 0 Å². The van der Waals surface area contributed by atoms with Gasteiger partial charge in [0.1, 0.15) is 0 Å². The van der Waals surface area contributed by atoms with Crippen LogP contribution in [0.25, 0.3) is 10.9 Å². The number of halogens is 1. The Balaban J connectivity index is 2.75. The number of H-pyrrole nitrogens is 1. The molecule has 78 valence electrons. The predicted molar refractivity (Wildman–Crippen MR) is 63.4 cm³/mol. The van der Waals surface area contributed by atoms with E-state index in [9.17, 15) is 4.79 Å². The van der Waals surface area contributed by atoms with Gasteiger partial charge >= 0.3 is 0 Å². The minimum atomic E-state index is -0.104. The molecule has 0 aliphatic rings. The maximum atomic E-state index is 11.3. The van der Waals surface area contributed by atoms with Crippen molar-refractivity contribution in [3.8, 4) is 0 Å². The van der Waals surface area contributed by atoms with Crippen molar-refractivity contribution in [2.45, 2.75) is 6.42 Å². The van der Waals surface area contributed by atoms with Crippen LogP contribution in [-0.4, -0.2) is 10.9 Å². The van der Waals surface area contributed by atoms with E-state index in [4.69, 9.17) is 17.3 Å². The summed E-state index contributed by atoms with van der Waals surface area (Å²) >= 11 is 5.69. The van der Waals surface area contributed by atoms with Crippen LogP contribution in [0.1, 0.15) is 5.56 Å². The fourth-order valence-corrected chi connectivity index (χ4v) is 1.85. The van der Waals surface area contributed by atoms with Gasteiger partial charge in [-0.25, -0.2) is 0 Å². The highest BCUT2D eigenvalue weighted by molar-refractivity contribution is 6.18. The SMILES string of the molecule is Nc1ccc2[nH]c(=O)cc(CCCl)c2c1. The number of benzene rings is 1. The number of hydrogen-bond acceptors (Lipinski definition) is 2. The highest BCUT2D eigenvalue weighted by Crippen LogP contribution is 2.18. The van der Waals surface area contributed by atoms with Crippen molar-refractivity contribution in [1.29, 1.82) is 0 Å². The number of aryl methyl sites for hydroxylation is 1. The highest BCUT2D eigenvalue weighted by Gasteiger charge is 2.03. The van der Waals surface area contributed by atoms with Crippen LogP contribution in [0, 0.1) is 0 Å². The third-order valence-corrected chi connectivity index (χ3v) is 2.51. The molecule has 0 bridgehead atoms. The fourth-order valence-electron chi connectivity index (χ4n) is 1.65. The first-order valence-corrected chi connectivity index (χ1v) is 5.21. The number of aromatic amines is 1. The number of nitrogens with two attached hydrogens (primary N) is 1. The van der Waals surface area contributed by atoms with E-state index in [1.165, 1.54) is 0 Å². The highest BCUT2D eigenvalue weighted by atomic mass is 35.5. The Labute approximate surface area is 91.9 Å². The summed E-state index contributed by atoms with van der Waals surface area (Å²) in [6, 6.07) is 7.00. The molecule has 0 fully saturated rings. The Kier molecular flexibility index (Phi) is 2.64.